The van der Waals surface area contributed by atoms with E-state index in [-0.39, 0.29) is 0 Å². The SMILES string of the molecule is O=C(Cl)c1ccc2c(C(=O)Cl)c1CC(S(=O)(=O)O)CCC(S(=O)(=O)O)C2S(=O)(=O)O. The Balaban J connectivity index is 3.07. The van der Waals surface area contributed by atoms with Gasteiger partial charge in [-0.2, -0.15) is 25.3 Å². The van der Waals surface area contributed by atoms with Gasteiger partial charge in [0.15, 0.2) is 0 Å². The van der Waals surface area contributed by atoms with Gasteiger partial charge in [0, 0.05) is 11.1 Å². The summed E-state index contributed by atoms with van der Waals surface area (Å²) in [4.78, 5) is 23.9. The highest BCUT2D eigenvalue weighted by atomic mass is 35.5. The second-order valence-electron chi connectivity index (χ2n) is 6.51. The highest BCUT2D eigenvalue weighted by molar-refractivity contribution is 7.90. The summed E-state index contributed by atoms with van der Waals surface area (Å²) in [6.45, 7) is 0. The molecule has 0 spiro atoms. The summed E-state index contributed by atoms with van der Waals surface area (Å²) in [7, 11) is -15.5. The monoisotopic (exact) mass is 524 g/mol. The maximum absolute atomic E-state index is 12.1. The molecule has 3 unspecified atom stereocenters. The number of carbonyl (C=O) groups is 2. The van der Waals surface area contributed by atoms with Crippen molar-refractivity contribution in [2.24, 2.45) is 0 Å². The van der Waals surface area contributed by atoms with Crippen LogP contribution in [0.5, 0.6) is 0 Å². The van der Waals surface area contributed by atoms with E-state index in [2.05, 4.69) is 0 Å². The summed E-state index contributed by atoms with van der Waals surface area (Å²) in [6, 6.07) is 1.69. The summed E-state index contributed by atoms with van der Waals surface area (Å²) in [5.41, 5.74) is -2.38. The number of hydrogen-bond acceptors (Lipinski definition) is 8. The normalized spacial score (nSPS) is 23.2. The van der Waals surface area contributed by atoms with Crippen molar-refractivity contribution in [1.29, 1.82) is 0 Å². The number of halogens is 2. The van der Waals surface area contributed by atoms with Gasteiger partial charge in [0.2, 0.25) is 0 Å². The molecule has 0 radical (unpaired) electrons. The maximum Gasteiger partial charge on any atom is 0.273 e. The third-order valence-corrected chi connectivity index (χ3v) is 9.03. The van der Waals surface area contributed by atoms with Crippen molar-refractivity contribution in [3.05, 3.63) is 34.4 Å². The molecule has 16 heteroatoms. The molecule has 0 saturated carbocycles. The van der Waals surface area contributed by atoms with Crippen LogP contribution in [0.2, 0.25) is 0 Å². The Bertz CT molecular complexity index is 1220. The molecule has 2 rings (SSSR count). The van der Waals surface area contributed by atoms with Gasteiger partial charge in [-0.05, 0) is 59.7 Å². The average molecular weight is 525 g/mol. The quantitative estimate of drug-likeness (QED) is 0.369. The predicted octanol–water partition coefficient (Wildman–Crippen LogP) is 1.22. The van der Waals surface area contributed by atoms with Crippen LogP contribution in [0.3, 0.4) is 0 Å². The second-order valence-corrected chi connectivity index (χ2v) is 12.1. The molecule has 0 saturated heterocycles. The summed E-state index contributed by atoms with van der Waals surface area (Å²) in [5, 5.41) is -9.20. The van der Waals surface area contributed by atoms with Gasteiger partial charge in [0.05, 0.1) is 5.25 Å². The summed E-state index contributed by atoms with van der Waals surface area (Å²) in [5.74, 6) is 0. The lowest BCUT2D eigenvalue weighted by Crippen LogP contribution is -2.34. The van der Waals surface area contributed by atoms with Crippen LogP contribution in [-0.4, -0.2) is 59.9 Å². The zero-order chi connectivity index (χ0) is 23.2. The van der Waals surface area contributed by atoms with Gasteiger partial charge in [-0.3, -0.25) is 23.2 Å². The molecule has 1 aliphatic rings. The predicted molar refractivity (Wildman–Crippen MR) is 105 cm³/mol. The van der Waals surface area contributed by atoms with E-state index in [1.54, 1.807) is 0 Å². The van der Waals surface area contributed by atoms with Gasteiger partial charge in [-0.25, -0.2) is 0 Å². The van der Waals surface area contributed by atoms with Crippen molar-refractivity contribution >= 4 is 64.0 Å². The van der Waals surface area contributed by atoms with Crippen LogP contribution in [0.25, 0.3) is 0 Å². The van der Waals surface area contributed by atoms with Crippen LogP contribution < -0.4 is 0 Å². The first kappa shape index (κ1) is 25.1. The fourth-order valence-electron chi connectivity index (χ4n) is 3.47. The van der Waals surface area contributed by atoms with Crippen LogP contribution in [0.1, 0.15) is 49.9 Å². The Morgan fingerprint density at radius 3 is 1.80 bits per heavy atom. The molecular weight excluding hydrogens is 511 g/mol. The van der Waals surface area contributed by atoms with Gasteiger partial charge in [0.1, 0.15) is 10.5 Å². The Morgan fingerprint density at radius 2 is 1.40 bits per heavy atom. The molecule has 1 aliphatic carbocycles. The Kier molecular flexibility index (Phi) is 7.06. The molecule has 168 valence electrons. The van der Waals surface area contributed by atoms with Crippen molar-refractivity contribution in [3.63, 3.8) is 0 Å². The number of benzene rings is 1. The fraction of sp³-hybridized carbons (Fsp3) is 0.429. The number of carbonyl (C=O) groups excluding carboxylic acids is 2. The number of hydrogen-bond donors (Lipinski definition) is 3. The first-order valence-electron chi connectivity index (χ1n) is 7.90. The van der Waals surface area contributed by atoms with E-state index in [9.17, 15) is 48.5 Å². The standard InChI is InChI=1S/C14H14Cl2O11S3/c15-13(17)7-2-3-8-11(14(16)18)9(7)5-6(28(19,20)21)1-4-10(29(22,23)24)12(8)30(25,26)27/h2-3,6,10,12H,1,4-5H2,(H,19,20,21)(H,22,23,24)(H,25,26,27). The van der Waals surface area contributed by atoms with E-state index < -0.39 is 98.1 Å². The number of rotatable bonds is 5. The lowest BCUT2D eigenvalue weighted by Gasteiger charge is -2.24. The number of fused-ring (bicyclic) bond motifs is 2. The molecule has 1 aromatic rings. The van der Waals surface area contributed by atoms with Crippen LogP contribution >= 0.6 is 23.2 Å². The molecule has 3 atom stereocenters. The smallest absolute Gasteiger partial charge is 0.273 e. The van der Waals surface area contributed by atoms with Gasteiger partial charge in [-0.1, -0.05) is 6.07 Å². The van der Waals surface area contributed by atoms with Gasteiger partial charge < -0.3 is 0 Å². The summed E-state index contributed by atoms with van der Waals surface area (Å²) in [6.07, 6.45) is -2.34. The minimum absolute atomic E-state index is 0.447. The van der Waals surface area contributed by atoms with Crippen molar-refractivity contribution in [3.8, 4) is 0 Å². The van der Waals surface area contributed by atoms with Gasteiger partial charge in [-0.15, -0.1) is 0 Å². The molecule has 0 aliphatic heterocycles. The van der Waals surface area contributed by atoms with Crippen molar-refractivity contribution < 1.29 is 48.5 Å². The highest BCUT2D eigenvalue weighted by Crippen LogP contribution is 2.40. The van der Waals surface area contributed by atoms with Crippen LogP contribution in [0, 0.1) is 0 Å². The summed E-state index contributed by atoms with van der Waals surface area (Å²) < 4.78 is 100. The first-order chi connectivity index (χ1) is 13.5. The van der Waals surface area contributed by atoms with E-state index in [1.807, 2.05) is 0 Å². The fourth-order valence-corrected chi connectivity index (χ4v) is 7.46. The third-order valence-electron chi connectivity index (χ3n) is 4.73. The largest absolute Gasteiger partial charge is 0.285 e. The molecule has 1 aromatic carbocycles. The molecule has 30 heavy (non-hydrogen) atoms. The van der Waals surface area contributed by atoms with E-state index in [0.29, 0.717) is 0 Å². The van der Waals surface area contributed by atoms with Crippen molar-refractivity contribution in [1.82, 2.24) is 0 Å². The van der Waals surface area contributed by atoms with E-state index in [4.69, 9.17) is 23.2 Å². The first-order valence-corrected chi connectivity index (χ1v) is 13.2. The topological polar surface area (TPSA) is 197 Å². The molecule has 0 fully saturated rings. The minimum Gasteiger partial charge on any atom is -0.285 e. The van der Waals surface area contributed by atoms with Gasteiger partial charge in [0.25, 0.3) is 40.8 Å². The maximum atomic E-state index is 12.1. The summed E-state index contributed by atoms with van der Waals surface area (Å²) >= 11 is 11.0. The lowest BCUT2D eigenvalue weighted by molar-refractivity contribution is 0.107. The zero-order valence-electron chi connectivity index (χ0n) is 14.6. The zero-order valence-corrected chi connectivity index (χ0v) is 18.6. The molecular formula is C14H14Cl2O11S3. The Labute approximate surface area is 181 Å². The molecule has 3 N–H and O–H groups in total. The minimum atomic E-state index is -5.33. The van der Waals surface area contributed by atoms with Crippen LogP contribution in [-0.2, 0) is 36.8 Å². The van der Waals surface area contributed by atoms with Crippen molar-refractivity contribution in [2.75, 3.05) is 0 Å². The third kappa shape index (κ3) is 5.19. The van der Waals surface area contributed by atoms with Crippen LogP contribution in [0.4, 0.5) is 0 Å². The van der Waals surface area contributed by atoms with Crippen LogP contribution in [0.15, 0.2) is 12.1 Å². The molecule has 0 aromatic heterocycles. The Morgan fingerprint density at radius 1 is 0.833 bits per heavy atom. The molecule has 11 nitrogen and oxygen atoms in total. The van der Waals surface area contributed by atoms with E-state index in [0.717, 1.165) is 12.1 Å². The molecule has 0 heterocycles. The second kappa shape index (κ2) is 8.43. The molecule has 2 bridgehead atoms. The van der Waals surface area contributed by atoms with E-state index in [1.165, 1.54) is 0 Å². The lowest BCUT2D eigenvalue weighted by atomic mass is 9.92. The Hall–Kier alpha value is -1.13. The highest BCUT2D eigenvalue weighted by Gasteiger charge is 2.46. The molecule has 0 amide bonds. The van der Waals surface area contributed by atoms with Crippen molar-refractivity contribution in [2.45, 2.75) is 35.0 Å². The van der Waals surface area contributed by atoms with E-state index >= 15 is 0 Å². The van der Waals surface area contributed by atoms with Gasteiger partial charge >= 0.3 is 0 Å². The average Bonchev–Trinajstić information content (AvgIpc) is 2.57.